The second-order valence-corrected chi connectivity index (χ2v) is 13.0. The van der Waals surface area contributed by atoms with E-state index >= 15 is 0 Å². The number of aromatic nitrogens is 1. The summed E-state index contributed by atoms with van der Waals surface area (Å²) in [6, 6.07) is -1.76. The number of likely N-dealkylation sites (tertiary alicyclic amines) is 1. The Hall–Kier alpha value is -2.90. The number of nitrogens with one attached hydrogen (secondary N) is 3. The van der Waals surface area contributed by atoms with Gasteiger partial charge < -0.3 is 30.7 Å². The molecule has 3 atom stereocenters. The van der Waals surface area contributed by atoms with E-state index in [4.69, 9.17) is 4.74 Å². The topological polar surface area (TPSA) is 136 Å². The molecule has 0 unspecified atom stereocenters. The third-order valence-corrected chi connectivity index (χ3v) is 8.72. The summed E-state index contributed by atoms with van der Waals surface area (Å²) in [7, 11) is 0. The number of aliphatic hydroxyl groups excluding tert-OH is 1. The number of hydrogen-bond donors (Lipinski definition) is 4. The van der Waals surface area contributed by atoms with Crippen LogP contribution in [-0.4, -0.2) is 115 Å². The highest BCUT2D eigenvalue weighted by Crippen LogP contribution is 2.26. The first-order valence-electron chi connectivity index (χ1n) is 14.9. The normalized spacial score (nSPS) is 21.0. The van der Waals surface area contributed by atoms with Crippen LogP contribution in [0, 0.1) is 12.3 Å². The number of allylic oxidation sites excluding steroid dienone is 3. The highest BCUT2D eigenvalue weighted by atomic mass is 32.1. The average molecular weight is 617 g/mol. The maximum absolute atomic E-state index is 13.8. The maximum atomic E-state index is 13.8. The van der Waals surface area contributed by atoms with E-state index in [9.17, 15) is 19.5 Å². The number of β-amino-alcohol motifs (C(OH)–C–C–N with tert-alkyl or cyclic N) is 1. The van der Waals surface area contributed by atoms with Crippen molar-refractivity contribution in [1.82, 2.24) is 30.7 Å². The van der Waals surface area contributed by atoms with E-state index < -0.39 is 35.4 Å². The summed E-state index contributed by atoms with van der Waals surface area (Å²) < 4.78 is 5.60. The van der Waals surface area contributed by atoms with Gasteiger partial charge in [-0.05, 0) is 30.4 Å². The zero-order valence-corrected chi connectivity index (χ0v) is 27.0. The van der Waals surface area contributed by atoms with Crippen LogP contribution in [0.4, 0.5) is 0 Å². The van der Waals surface area contributed by atoms with E-state index in [0.717, 1.165) is 54.4 Å². The highest BCUT2D eigenvalue weighted by molar-refractivity contribution is 7.10. The number of aliphatic hydroxyl groups is 1. The number of ether oxygens (including phenoxy) is 1. The Morgan fingerprint density at radius 3 is 2.63 bits per heavy atom. The lowest BCUT2D eigenvalue weighted by Crippen LogP contribution is -2.58. The fourth-order valence-electron chi connectivity index (χ4n) is 5.11. The summed E-state index contributed by atoms with van der Waals surface area (Å²) in [4.78, 5) is 48.9. The Balaban J connectivity index is 1.58. The Morgan fingerprint density at radius 2 is 2.00 bits per heavy atom. The summed E-state index contributed by atoms with van der Waals surface area (Å²) in [5, 5.41) is 19.5. The summed E-state index contributed by atoms with van der Waals surface area (Å²) in [5.41, 5.74) is 3.99. The molecule has 0 aromatic carbocycles. The van der Waals surface area contributed by atoms with Crippen LogP contribution in [0.3, 0.4) is 0 Å². The van der Waals surface area contributed by atoms with Crippen LogP contribution in [0.1, 0.15) is 44.7 Å². The molecule has 0 bridgehead atoms. The van der Waals surface area contributed by atoms with Crippen LogP contribution in [0.25, 0.3) is 5.57 Å². The van der Waals surface area contributed by atoms with Crippen molar-refractivity contribution < 1.29 is 24.2 Å². The molecule has 2 fully saturated rings. The van der Waals surface area contributed by atoms with E-state index in [2.05, 4.69) is 32.4 Å². The van der Waals surface area contributed by atoms with Crippen molar-refractivity contribution in [2.24, 2.45) is 5.41 Å². The first kappa shape index (κ1) is 34.6. The quantitative estimate of drug-likeness (QED) is 0.194. The fourth-order valence-corrected chi connectivity index (χ4v) is 5.90. The van der Waals surface area contributed by atoms with Gasteiger partial charge in [0.2, 0.25) is 17.7 Å². The molecule has 0 saturated carbocycles. The molecule has 3 rings (SSSR count). The monoisotopic (exact) mass is 616 g/mol. The Labute approximate surface area is 259 Å². The van der Waals surface area contributed by atoms with Gasteiger partial charge in [0.05, 0.1) is 28.8 Å². The van der Waals surface area contributed by atoms with Crippen LogP contribution in [0.5, 0.6) is 0 Å². The zero-order valence-electron chi connectivity index (χ0n) is 26.1. The Morgan fingerprint density at radius 1 is 1.28 bits per heavy atom. The number of carbonyl (C=O) groups excluding carboxylic acids is 3. The number of piperazine rings is 1. The van der Waals surface area contributed by atoms with Crippen LogP contribution in [0.2, 0.25) is 0 Å². The van der Waals surface area contributed by atoms with E-state index in [1.807, 2.05) is 52.3 Å². The van der Waals surface area contributed by atoms with Gasteiger partial charge in [0.25, 0.3) is 0 Å². The van der Waals surface area contributed by atoms with Gasteiger partial charge in [0, 0.05) is 52.2 Å². The number of carbonyl (C=O) groups is 3. The molecular formula is C31H48N6O5S. The van der Waals surface area contributed by atoms with Crippen LogP contribution in [0.15, 0.2) is 35.9 Å². The van der Waals surface area contributed by atoms with Crippen molar-refractivity contribution in [3.05, 3.63) is 46.5 Å². The molecule has 238 valence electrons. The lowest BCUT2D eigenvalue weighted by Gasteiger charge is -2.35. The van der Waals surface area contributed by atoms with Crippen molar-refractivity contribution in [1.29, 1.82) is 0 Å². The average Bonchev–Trinajstić information content (AvgIpc) is 3.58. The van der Waals surface area contributed by atoms with Crippen LogP contribution >= 0.6 is 11.3 Å². The van der Waals surface area contributed by atoms with Gasteiger partial charge >= 0.3 is 0 Å². The molecule has 11 nitrogen and oxygen atoms in total. The minimum Gasteiger partial charge on any atom is -0.391 e. The molecule has 0 spiro atoms. The second-order valence-electron chi connectivity index (χ2n) is 12.2. The molecule has 2 saturated heterocycles. The molecule has 4 N–H and O–H groups in total. The lowest BCUT2D eigenvalue weighted by atomic mass is 9.85. The minimum absolute atomic E-state index is 0.0147. The third-order valence-electron chi connectivity index (χ3n) is 7.66. The number of aryl methyl sites for hydroxylation is 1. The predicted molar refractivity (Wildman–Crippen MR) is 169 cm³/mol. The fraction of sp³-hybridized carbons (Fsp3) is 0.613. The zero-order chi connectivity index (χ0) is 31.6. The highest BCUT2D eigenvalue weighted by Gasteiger charge is 2.44. The van der Waals surface area contributed by atoms with Crippen LogP contribution < -0.4 is 16.0 Å². The van der Waals surface area contributed by atoms with E-state index in [-0.39, 0.29) is 32.0 Å². The molecular weight excluding hydrogens is 568 g/mol. The summed E-state index contributed by atoms with van der Waals surface area (Å²) in [6.45, 7) is 18.4. The second kappa shape index (κ2) is 16.2. The lowest BCUT2D eigenvalue weighted by molar-refractivity contribution is -0.144. The molecule has 12 heteroatoms. The van der Waals surface area contributed by atoms with E-state index in [1.165, 1.54) is 4.90 Å². The van der Waals surface area contributed by atoms with Gasteiger partial charge in [-0.2, -0.15) is 0 Å². The molecule has 0 radical (unpaired) electrons. The first-order chi connectivity index (χ1) is 20.4. The standard InChI is InChI=1S/C31H48N6O5S/c1-7-23(9-8-21(2)27-22(3)34-20-43-27)17-33-29(40)25-16-24(38)18-37(25)30(41)28(31(4,5)6)35-26(39)19-42-15-14-36-12-10-32-11-13-36/h7-9,20,24-25,28,32,38H,1,10-19H2,2-6H3,(H,33,40)(H,35,39)/b21-8+,23-9+/t24-,25+,28-/m1/s1. The molecule has 2 aliphatic rings. The number of thiazole rings is 1. The van der Waals surface area contributed by atoms with Gasteiger partial charge in [-0.1, -0.05) is 45.6 Å². The number of amides is 3. The first-order valence-corrected chi connectivity index (χ1v) is 15.8. The summed E-state index contributed by atoms with van der Waals surface area (Å²) in [6.07, 6.45) is 4.81. The third kappa shape index (κ3) is 10.4. The molecule has 43 heavy (non-hydrogen) atoms. The number of hydrogen-bond acceptors (Lipinski definition) is 9. The van der Waals surface area contributed by atoms with Gasteiger partial charge in [-0.15, -0.1) is 11.3 Å². The summed E-state index contributed by atoms with van der Waals surface area (Å²) in [5.74, 6) is -1.17. The predicted octanol–water partition coefficient (Wildman–Crippen LogP) is 1.50. The molecule has 1 aromatic heterocycles. The maximum Gasteiger partial charge on any atom is 0.246 e. The van der Waals surface area contributed by atoms with Gasteiger partial charge in [-0.3, -0.25) is 19.3 Å². The van der Waals surface area contributed by atoms with Crippen molar-refractivity contribution >= 4 is 34.6 Å². The number of nitrogens with zero attached hydrogens (tertiary/aromatic N) is 3. The molecule has 1 aromatic rings. The van der Waals surface area contributed by atoms with Crippen molar-refractivity contribution in [3.8, 4) is 0 Å². The molecule has 2 aliphatic heterocycles. The van der Waals surface area contributed by atoms with Gasteiger partial charge in [-0.25, -0.2) is 4.98 Å². The van der Waals surface area contributed by atoms with Crippen molar-refractivity contribution in [3.63, 3.8) is 0 Å². The molecule has 3 amide bonds. The van der Waals surface area contributed by atoms with E-state index in [0.29, 0.717) is 6.61 Å². The van der Waals surface area contributed by atoms with Crippen molar-refractivity contribution in [2.75, 3.05) is 59.0 Å². The van der Waals surface area contributed by atoms with E-state index in [1.54, 1.807) is 17.4 Å². The van der Waals surface area contributed by atoms with Crippen LogP contribution in [-0.2, 0) is 19.1 Å². The largest absolute Gasteiger partial charge is 0.391 e. The molecule has 3 heterocycles. The van der Waals surface area contributed by atoms with Crippen molar-refractivity contribution in [2.45, 2.75) is 59.2 Å². The number of rotatable bonds is 13. The Kier molecular flexibility index (Phi) is 13.1. The molecule has 0 aliphatic carbocycles. The SMILES string of the molecule is C=C/C(=C\C=C(/C)c1scnc1C)CNC(=O)[C@@H]1C[C@@H](O)CN1C(=O)[C@@H](NC(=O)COCCN1CCNCC1)C(C)(C)C. The Bertz CT molecular complexity index is 1180. The smallest absolute Gasteiger partial charge is 0.246 e. The van der Waals surface area contributed by atoms with Gasteiger partial charge in [0.15, 0.2) is 0 Å². The van der Waals surface area contributed by atoms with Gasteiger partial charge in [0.1, 0.15) is 18.7 Å². The summed E-state index contributed by atoms with van der Waals surface area (Å²) >= 11 is 1.57. The minimum atomic E-state index is -0.899.